The third-order valence-corrected chi connectivity index (χ3v) is 2.85. The summed E-state index contributed by atoms with van der Waals surface area (Å²) >= 11 is 0. The molecular formula is C11H15NO2. The van der Waals surface area contributed by atoms with Gasteiger partial charge in [0.2, 0.25) is 5.91 Å². The Morgan fingerprint density at radius 1 is 1.64 bits per heavy atom. The molecule has 1 aliphatic rings. The van der Waals surface area contributed by atoms with Crippen molar-refractivity contribution in [2.24, 2.45) is 5.41 Å². The molecule has 1 atom stereocenters. The smallest absolute Gasteiger partial charge is 0.220 e. The second kappa shape index (κ2) is 2.87. The third kappa shape index (κ3) is 1.24. The van der Waals surface area contributed by atoms with Gasteiger partial charge in [0.15, 0.2) is 0 Å². The number of hydrogen-bond acceptors (Lipinski definition) is 2. The fraction of sp³-hybridized carbons (Fsp3) is 0.545. The second-order valence-corrected chi connectivity index (χ2v) is 4.55. The van der Waals surface area contributed by atoms with E-state index in [1.165, 1.54) is 0 Å². The van der Waals surface area contributed by atoms with Gasteiger partial charge in [-0.1, -0.05) is 13.8 Å². The lowest BCUT2D eigenvalue weighted by molar-refractivity contribution is -0.151. The van der Waals surface area contributed by atoms with Gasteiger partial charge in [-0.2, -0.15) is 0 Å². The summed E-state index contributed by atoms with van der Waals surface area (Å²) in [6.07, 6.45) is 1.65. The average Bonchev–Trinajstić information content (AvgIpc) is 2.53. The van der Waals surface area contributed by atoms with E-state index < -0.39 is 0 Å². The van der Waals surface area contributed by atoms with E-state index in [1.807, 2.05) is 17.0 Å². The number of carbonyl (C=O) groups is 1. The molecule has 14 heavy (non-hydrogen) atoms. The van der Waals surface area contributed by atoms with E-state index in [0.717, 1.165) is 12.3 Å². The highest BCUT2D eigenvalue weighted by molar-refractivity contribution is 5.75. The molecular weight excluding hydrogens is 178 g/mol. The first-order valence-corrected chi connectivity index (χ1v) is 4.83. The van der Waals surface area contributed by atoms with E-state index in [-0.39, 0.29) is 17.4 Å². The highest BCUT2D eigenvalue weighted by atomic mass is 16.3. The Balaban J connectivity index is 2.26. The molecule has 0 spiro atoms. The predicted molar refractivity (Wildman–Crippen MR) is 52.6 cm³/mol. The largest absolute Gasteiger partial charge is 0.467 e. The Labute approximate surface area is 83.7 Å². The van der Waals surface area contributed by atoms with Crippen LogP contribution in [0.25, 0.3) is 0 Å². The maximum absolute atomic E-state index is 11.3. The van der Waals surface area contributed by atoms with Gasteiger partial charge in [0.05, 0.1) is 12.3 Å². The van der Waals surface area contributed by atoms with Gasteiger partial charge in [-0.25, -0.2) is 0 Å². The van der Waals surface area contributed by atoms with Crippen molar-refractivity contribution >= 4 is 5.91 Å². The van der Waals surface area contributed by atoms with Crippen LogP contribution in [0.1, 0.15) is 32.6 Å². The highest BCUT2D eigenvalue weighted by Gasteiger charge is 2.49. The van der Waals surface area contributed by atoms with Crippen LogP contribution in [0.5, 0.6) is 0 Å². The Morgan fingerprint density at radius 3 is 2.79 bits per heavy atom. The fourth-order valence-electron chi connectivity index (χ4n) is 2.20. The van der Waals surface area contributed by atoms with Gasteiger partial charge in [-0.15, -0.1) is 0 Å². The molecule has 2 heterocycles. The third-order valence-electron chi connectivity index (χ3n) is 2.85. The van der Waals surface area contributed by atoms with Gasteiger partial charge < -0.3 is 9.32 Å². The molecule has 0 aromatic carbocycles. The van der Waals surface area contributed by atoms with Crippen LogP contribution in [0, 0.1) is 5.41 Å². The zero-order valence-corrected chi connectivity index (χ0v) is 8.78. The lowest BCUT2D eigenvalue weighted by atomic mass is 9.73. The quantitative estimate of drug-likeness (QED) is 0.685. The van der Waals surface area contributed by atoms with Gasteiger partial charge in [-0.3, -0.25) is 4.79 Å². The van der Waals surface area contributed by atoms with Crippen molar-refractivity contribution < 1.29 is 9.21 Å². The Kier molecular flexibility index (Phi) is 1.91. The average molecular weight is 193 g/mol. The van der Waals surface area contributed by atoms with Crippen molar-refractivity contribution in [2.75, 3.05) is 6.54 Å². The van der Waals surface area contributed by atoms with Crippen LogP contribution in [0.4, 0.5) is 0 Å². The summed E-state index contributed by atoms with van der Waals surface area (Å²) in [5, 5.41) is 0. The molecule has 1 aromatic heterocycles. The summed E-state index contributed by atoms with van der Waals surface area (Å²) in [6, 6.07) is 3.90. The summed E-state index contributed by atoms with van der Waals surface area (Å²) < 4.78 is 5.36. The molecule has 2 rings (SSSR count). The second-order valence-electron chi connectivity index (χ2n) is 4.55. The summed E-state index contributed by atoms with van der Waals surface area (Å²) in [5.41, 5.74) is 0.128. The molecule has 0 radical (unpaired) electrons. The molecule has 3 heteroatoms. The maximum atomic E-state index is 11.3. The zero-order chi connectivity index (χ0) is 10.3. The number of amides is 1. The van der Waals surface area contributed by atoms with Gasteiger partial charge >= 0.3 is 0 Å². The molecule has 1 aromatic rings. The van der Waals surface area contributed by atoms with Crippen molar-refractivity contribution in [3.63, 3.8) is 0 Å². The fourth-order valence-corrected chi connectivity index (χ4v) is 2.20. The van der Waals surface area contributed by atoms with Crippen LogP contribution in [0.3, 0.4) is 0 Å². The van der Waals surface area contributed by atoms with E-state index in [4.69, 9.17) is 4.42 Å². The Hall–Kier alpha value is -1.25. The van der Waals surface area contributed by atoms with E-state index in [9.17, 15) is 4.79 Å². The van der Waals surface area contributed by atoms with Gasteiger partial charge in [0.25, 0.3) is 0 Å². The molecule has 1 amide bonds. The zero-order valence-electron chi connectivity index (χ0n) is 8.78. The molecule has 3 nitrogen and oxygen atoms in total. The molecule has 1 saturated heterocycles. The number of rotatable bonds is 1. The summed E-state index contributed by atoms with van der Waals surface area (Å²) in [6.45, 7) is 6.72. The monoisotopic (exact) mass is 193 g/mol. The molecule has 1 aliphatic heterocycles. The molecule has 0 N–H and O–H groups in total. The van der Waals surface area contributed by atoms with Crippen LogP contribution >= 0.6 is 0 Å². The van der Waals surface area contributed by atoms with Crippen LogP contribution in [0.2, 0.25) is 0 Å². The Bertz CT molecular complexity index is 340. The van der Waals surface area contributed by atoms with Gasteiger partial charge in [-0.05, 0) is 12.1 Å². The van der Waals surface area contributed by atoms with E-state index >= 15 is 0 Å². The van der Waals surface area contributed by atoms with Crippen molar-refractivity contribution in [3.05, 3.63) is 24.2 Å². The first kappa shape index (κ1) is 9.31. The normalized spacial score (nSPS) is 24.5. The van der Waals surface area contributed by atoms with Crippen LogP contribution in [0.15, 0.2) is 22.8 Å². The minimum absolute atomic E-state index is 0.106. The first-order chi connectivity index (χ1) is 6.52. The molecule has 1 unspecified atom stereocenters. The molecule has 0 bridgehead atoms. The summed E-state index contributed by atoms with van der Waals surface area (Å²) in [5.74, 6) is 1.00. The lowest BCUT2D eigenvalue weighted by Gasteiger charge is -2.52. The predicted octanol–water partition coefficient (Wildman–Crippen LogP) is 2.21. The topological polar surface area (TPSA) is 33.5 Å². The first-order valence-electron chi connectivity index (χ1n) is 4.83. The molecule has 0 saturated carbocycles. The number of carbonyl (C=O) groups excluding carboxylic acids is 1. The minimum atomic E-state index is 0.106. The molecule has 0 aliphatic carbocycles. The van der Waals surface area contributed by atoms with Crippen molar-refractivity contribution in [1.82, 2.24) is 4.90 Å². The summed E-state index contributed by atoms with van der Waals surface area (Å²) in [7, 11) is 0. The van der Waals surface area contributed by atoms with Crippen LogP contribution in [-0.4, -0.2) is 17.4 Å². The van der Waals surface area contributed by atoms with Gasteiger partial charge in [0, 0.05) is 18.9 Å². The highest BCUT2D eigenvalue weighted by Crippen LogP contribution is 2.48. The molecule has 76 valence electrons. The van der Waals surface area contributed by atoms with E-state index in [0.29, 0.717) is 0 Å². The van der Waals surface area contributed by atoms with Crippen molar-refractivity contribution in [3.8, 4) is 0 Å². The van der Waals surface area contributed by atoms with Crippen molar-refractivity contribution in [2.45, 2.75) is 26.8 Å². The maximum Gasteiger partial charge on any atom is 0.220 e. The number of nitrogens with zero attached hydrogens (tertiary/aromatic N) is 1. The van der Waals surface area contributed by atoms with E-state index in [2.05, 4.69) is 13.8 Å². The Morgan fingerprint density at radius 2 is 2.36 bits per heavy atom. The SMILES string of the molecule is CC(=O)N1CC(C)(C)C1c1ccco1. The number of likely N-dealkylation sites (tertiary alicyclic amines) is 1. The van der Waals surface area contributed by atoms with E-state index in [1.54, 1.807) is 13.2 Å². The minimum Gasteiger partial charge on any atom is -0.467 e. The summed E-state index contributed by atoms with van der Waals surface area (Å²) in [4.78, 5) is 13.1. The number of hydrogen-bond donors (Lipinski definition) is 0. The van der Waals surface area contributed by atoms with Gasteiger partial charge in [0.1, 0.15) is 5.76 Å². The van der Waals surface area contributed by atoms with Crippen LogP contribution < -0.4 is 0 Å². The van der Waals surface area contributed by atoms with Crippen LogP contribution in [-0.2, 0) is 4.79 Å². The standard InChI is InChI=1S/C11H15NO2/c1-8(13)12-7-11(2,3)10(12)9-5-4-6-14-9/h4-6,10H,7H2,1-3H3. The molecule has 1 fully saturated rings. The van der Waals surface area contributed by atoms with Crippen molar-refractivity contribution in [1.29, 1.82) is 0 Å². The number of furan rings is 1. The lowest BCUT2D eigenvalue weighted by Crippen LogP contribution is -2.57.